The summed E-state index contributed by atoms with van der Waals surface area (Å²) in [6.07, 6.45) is 0.550. The molecule has 0 saturated carbocycles. The van der Waals surface area contributed by atoms with Crippen LogP contribution >= 0.6 is 24.8 Å². The third-order valence-corrected chi connectivity index (χ3v) is 5.37. The lowest BCUT2D eigenvalue weighted by Gasteiger charge is -2.32. The number of carbonyl (C=O) groups is 1. The van der Waals surface area contributed by atoms with E-state index in [1.54, 1.807) is 12.1 Å². The highest BCUT2D eigenvalue weighted by Crippen LogP contribution is 2.28. The fourth-order valence-corrected chi connectivity index (χ4v) is 3.82. The zero-order chi connectivity index (χ0) is 20.1. The van der Waals surface area contributed by atoms with Crippen molar-refractivity contribution in [3.05, 3.63) is 64.2 Å². The fourth-order valence-electron chi connectivity index (χ4n) is 3.82. The molecule has 0 unspecified atom stereocenters. The Hall–Kier alpha value is -1.79. The first-order chi connectivity index (χ1) is 13.4. The van der Waals surface area contributed by atoms with Gasteiger partial charge in [-0.25, -0.2) is 4.79 Å². The molecular formula is C23H32Cl2N2O3. The van der Waals surface area contributed by atoms with E-state index in [1.807, 2.05) is 12.1 Å². The van der Waals surface area contributed by atoms with Crippen molar-refractivity contribution in [2.24, 2.45) is 0 Å². The van der Waals surface area contributed by atoms with Gasteiger partial charge in [0.25, 0.3) is 0 Å². The van der Waals surface area contributed by atoms with E-state index in [9.17, 15) is 9.90 Å². The van der Waals surface area contributed by atoms with Crippen LogP contribution in [0.4, 0.5) is 0 Å². The van der Waals surface area contributed by atoms with Crippen LogP contribution in [0.5, 0.6) is 5.75 Å². The van der Waals surface area contributed by atoms with E-state index in [1.165, 1.54) is 0 Å². The molecule has 0 amide bonds. The van der Waals surface area contributed by atoms with E-state index in [0.29, 0.717) is 18.6 Å². The minimum absolute atomic E-state index is 0. The molecule has 3 rings (SSSR count). The number of aryl methyl sites for hydroxylation is 2. The lowest BCUT2D eigenvalue weighted by molar-refractivity contribution is 0.0696. The number of aromatic carboxylic acids is 1. The molecule has 1 aliphatic heterocycles. The van der Waals surface area contributed by atoms with Crippen molar-refractivity contribution in [1.29, 1.82) is 0 Å². The topological polar surface area (TPSA) is 53.0 Å². The number of hydrogen-bond donors (Lipinski definition) is 1. The normalized spacial score (nSPS) is 14.5. The van der Waals surface area contributed by atoms with Gasteiger partial charge in [-0.2, -0.15) is 0 Å². The first-order valence-electron chi connectivity index (χ1n) is 9.89. The van der Waals surface area contributed by atoms with Gasteiger partial charge in [-0.15, -0.1) is 24.8 Å². The second-order valence-corrected chi connectivity index (χ2v) is 7.70. The van der Waals surface area contributed by atoms with E-state index < -0.39 is 5.97 Å². The molecule has 0 aromatic heterocycles. The minimum Gasteiger partial charge on any atom is -0.492 e. The average Bonchev–Trinajstić information content (AvgIpc) is 2.65. The Balaban J connectivity index is 0.00000225. The maximum atomic E-state index is 11.6. The zero-order valence-corrected chi connectivity index (χ0v) is 19.5. The quantitative estimate of drug-likeness (QED) is 0.683. The molecule has 1 fully saturated rings. The molecule has 30 heavy (non-hydrogen) atoms. The molecule has 166 valence electrons. The van der Waals surface area contributed by atoms with Gasteiger partial charge in [0, 0.05) is 39.1 Å². The van der Waals surface area contributed by atoms with Crippen LogP contribution in [0.15, 0.2) is 36.4 Å². The molecular weight excluding hydrogens is 423 g/mol. The number of likely N-dealkylation sites (N-methyl/N-ethyl adjacent to an activating group) is 1. The molecule has 0 spiro atoms. The van der Waals surface area contributed by atoms with Gasteiger partial charge in [0.1, 0.15) is 12.4 Å². The first-order valence-corrected chi connectivity index (χ1v) is 9.89. The van der Waals surface area contributed by atoms with E-state index >= 15 is 0 Å². The van der Waals surface area contributed by atoms with Crippen molar-refractivity contribution in [3.8, 4) is 5.75 Å². The maximum absolute atomic E-state index is 11.6. The summed E-state index contributed by atoms with van der Waals surface area (Å²) in [5.74, 6) is -0.00238. The highest BCUT2D eigenvalue weighted by molar-refractivity contribution is 5.89. The van der Waals surface area contributed by atoms with Crippen molar-refractivity contribution in [2.45, 2.75) is 20.3 Å². The predicted molar refractivity (Wildman–Crippen MR) is 126 cm³/mol. The van der Waals surface area contributed by atoms with Gasteiger partial charge >= 0.3 is 5.97 Å². The molecule has 0 aliphatic carbocycles. The summed E-state index contributed by atoms with van der Waals surface area (Å²) < 4.78 is 6.22. The van der Waals surface area contributed by atoms with Gasteiger partial charge in [-0.3, -0.25) is 4.90 Å². The van der Waals surface area contributed by atoms with E-state index in [2.05, 4.69) is 42.8 Å². The summed E-state index contributed by atoms with van der Waals surface area (Å²) in [6, 6.07) is 11.4. The number of ether oxygens (including phenoxy) is 1. The van der Waals surface area contributed by atoms with Gasteiger partial charge in [0.15, 0.2) is 0 Å². The van der Waals surface area contributed by atoms with Crippen molar-refractivity contribution in [1.82, 2.24) is 9.80 Å². The second-order valence-electron chi connectivity index (χ2n) is 7.70. The summed E-state index contributed by atoms with van der Waals surface area (Å²) in [4.78, 5) is 16.3. The van der Waals surface area contributed by atoms with Crippen molar-refractivity contribution < 1.29 is 14.6 Å². The Morgan fingerprint density at radius 3 is 2.37 bits per heavy atom. The molecule has 1 aliphatic rings. The Labute approximate surface area is 191 Å². The monoisotopic (exact) mass is 454 g/mol. The fraction of sp³-hybridized carbons (Fsp3) is 0.435. The van der Waals surface area contributed by atoms with Crippen molar-refractivity contribution >= 4 is 30.8 Å². The summed E-state index contributed by atoms with van der Waals surface area (Å²) in [6.45, 7) is 10.0. The number of halogens is 2. The maximum Gasteiger partial charge on any atom is 0.335 e. The highest BCUT2D eigenvalue weighted by Gasteiger charge is 2.16. The number of rotatable bonds is 7. The van der Waals surface area contributed by atoms with Crippen molar-refractivity contribution in [3.63, 3.8) is 0 Å². The molecule has 0 bridgehead atoms. The van der Waals surface area contributed by atoms with Crippen LogP contribution in [0.25, 0.3) is 0 Å². The Morgan fingerprint density at radius 2 is 1.70 bits per heavy atom. The number of nitrogens with zero attached hydrogens (tertiary/aromatic N) is 2. The Morgan fingerprint density at radius 1 is 1.03 bits per heavy atom. The van der Waals surface area contributed by atoms with Crippen LogP contribution in [0.2, 0.25) is 0 Å². The summed E-state index contributed by atoms with van der Waals surface area (Å²) in [7, 11) is 2.16. The summed E-state index contributed by atoms with van der Waals surface area (Å²) >= 11 is 0. The van der Waals surface area contributed by atoms with Gasteiger partial charge in [0.05, 0.1) is 5.56 Å². The van der Waals surface area contributed by atoms with Crippen molar-refractivity contribution in [2.75, 3.05) is 46.4 Å². The molecule has 1 N–H and O–H groups in total. The molecule has 5 nitrogen and oxygen atoms in total. The number of carboxylic acids is 1. The summed E-state index contributed by atoms with van der Waals surface area (Å²) in [5, 5.41) is 9.49. The van der Waals surface area contributed by atoms with Crippen LogP contribution in [0.1, 0.15) is 32.6 Å². The van der Waals surface area contributed by atoms with E-state index in [4.69, 9.17) is 4.74 Å². The molecule has 0 atom stereocenters. The largest absolute Gasteiger partial charge is 0.492 e. The zero-order valence-electron chi connectivity index (χ0n) is 17.9. The van der Waals surface area contributed by atoms with Crippen LogP contribution in [0.3, 0.4) is 0 Å². The third-order valence-electron chi connectivity index (χ3n) is 5.37. The molecule has 2 aromatic carbocycles. The molecule has 2 aromatic rings. The molecule has 0 radical (unpaired) electrons. The van der Waals surface area contributed by atoms with Gasteiger partial charge in [-0.1, -0.05) is 35.9 Å². The standard InChI is InChI=1S/C23H30N2O3.2ClH/c1-17-14-18(2)22(28-13-12-25-10-8-24(3)9-11-25)20(15-17)16-19-6-4-5-7-21(19)23(26)27;;/h4-7,14-15H,8-13,16H2,1-3H3,(H,26,27);2*1H. The van der Waals surface area contributed by atoms with Crippen LogP contribution in [-0.4, -0.2) is 67.3 Å². The van der Waals surface area contributed by atoms with Crippen LogP contribution in [0, 0.1) is 13.8 Å². The Bertz CT molecular complexity index is 837. The molecule has 7 heteroatoms. The minimum atomic E-state index is -0.891. The lowest BCUT2D eigenvalue weighted by atomic mass is 9.96. The molecule has 1 saturated heterocycles. The second kappa shape index (κ2) is 12.2. The third kappa shape index (κ3) is 6.88. The number of benzene rings is 2. The number of carboxylic acid groups (broad SMARTS) is 1. The number of piperazine rings is 1. The van der Waals surface area contributed by atoms with Gasteiger partial charge in [-0.05, 0) is 43.7 Å². The SMILES string of the molecule is Cc1cc(C)c(OCCN2CCN(C)CC2)c(Cc2ccccc2C(=O)O)c1.Cl.Cl. The van der Waals surface area contributed by atoms with Gasteiger partial charge < -0.3 is 14.7 Å². The Kier molecular flexibility index (Phi) is 10.6. The van der Waals surface area contributed by atoms with Gasteiger partial charge in [0.2, 0.25) is 0 Å². The van der Waals surface area contributed by atoms with E-state index in [0.717, 1.165) is 60.7 Å². The van der Waals surface area contributed by atoms with E-state index in [-0.39, 0.29) is 24.8 Å². The van der Waals surface area contributed by atoms with Crippen LogP contribution < -0.4 is 4.74 Å². The summed E-state index contributed by atoms with van der Waals surface area (Å²) in [5.41, 5.74) is 4.46. The molecule has 1 heterocycles. The highest BCUT2D eigenvalue weighted by atomic mass is 35.5. The lowest BCUT2D eigenvalue weighted by Crippen LogP contribution is -2.45. The first kappa shape index (κ1) is 26.2. The van der Waals surface area contributed by atoms with Crippen LogP contribution in [-0.2, 0) is 6.42 Å². The number of hydrogen-bond acceptors (Lipinski definition) is 4. The average molecular weight is 455 g/mol. The predicted octanol–water partition coefficient (Wildman–Crippen LogP) is 4.06. The smallest absolute Gasteiger partial charge is 0.335 e.